The molecule has 3 atom stereocenters. The Hall–Kier alpha value is -1.56. The van der Waals surface area contributed by atoms with Gasteiger partial charge in [0, 0.05) is 0 Å². The molecule has 0 aromatic rings. The molecule has 0 spiro atoms. The van der Waals surface area contributed by atoms with E-state index < -0.39 is 0 Å². The smallest absolute Gasteiger partial charge is 0.308 e. The Kier molecular flexibility index (Phi) is 36.5. The van der Waals surface area contributed by atoms with E-state index in [9.17, 15) is 14.7 Å². The highest BCUT2D eigenvalue weighted by Crippen LogP contribution is 2.25. The van der Waals surface area contributed by atoms with Crippen LogP contribution in [-0.4, -0.2) is 54.3 Å². The first-order chi connectivity index (χ1) is 27.5. The lowest BCUT2D eigenvalue weighted by Gasteiger charge is -2.33. The minimum absolute atomic E-state index is 0.0458. The number of carbonyl (C=O) groups excluding carboxylic acids is 2. The highest BCUT2D eigenvalue weighted by atomic mass is 16.5. The van der Waals surface area contributed by atoms with Gasteiger partial charge in [0.2, 0.25) is 0 Å². The van der Waals surface area contributed by atoms with Crippen LogP contribution in [0, 0.1) is 11.8 Å². The molecule has 0 fully saturated rings. The number of ether oxygens (including phenoxy) is 2. The molecule has 6 heteroatoms. The highest BCUT2D eigenvalue weighted by molar-refractivity contribution is 5.72. The number of unbranched alkanes of at least 4 members (excludes halogenated alkanes) is 22. The lowest BCUT2D eigenvalue weighted by atomic mass is 9.94. The first-order valence-electron chi connectivity index (χ1n) is 24.9. The van der Waals surface area contributed by atoms with Gasteiger partial charge in [0.1, 0.15) is 5.76 Å². The Morgan fingerprint density at radius 3 is 1.27 bits per heavy atom. The molecule has 1 rings (SSSR count). The lowest BCUT2D eigenvalue weighted by Crippen LogP contribution is -2.39. The van der Waals surface area contributed by atoms with Gasteiger partial charge in [-0.15, -0.1) is 0 Å². The van der Waals surface area contributed by atoms with E-state index in [1.54, 1.807) is 0 Å². The van der Waals surface area contributed by atoms with Gasteiger partial charge < -0.3 is 14.6 Å². The van der Waals surface area contributed by atoms with Gasteiger partial charge in [-0.2, -0.15) is 0 Å². The van der Waals surface area contributed by atoms with Gasteiger partial charge in [0.25, 0.3) is 0 Å². The molecule has 0 amide bonds. The zero-order valence-corrected chi connectivity index (χ0v) is 37.9. The van der Waals surface area contributed by atoms with Crippen molar-refractivity contribution in [3.63, 3.8) is 0 Å². The molecule has 330 valence electrons. The van der Waals surface area contributed by atoms with Gasteiger partial charge in [-0.3, -0.25) is 14.5 Å². The second kappa shape index (κ2) is 38.9. The molecule has 0 aromatic carbocycles. The van der Waals surface area contributed by atoms with Crippen molar-refractivity contribution in [3.05, 3.63) is 11.8 Å². The summed E-state index contributed by atoms with van der Waals surface area (Å²) >= 11 is 0. The summed E-state index contributed by atoms with van der Waals surface area (Å²) < 4.78 is 11.7. The summed E-state index contributed by atoms with van der Waals surface area (Å²) in [4.78, 5) is 28.6. The summed E-state index contributed by atoms with van der Waals surface area (Å²) in [5, 5.41) is 10.8. The molecule has 1 N–H and O–H groups in total. The fraction of sp³-hybridized carbons (Fsp3) is 0.920. The van der Waals surface area contributed by atoms with Gasteiger partial charge >= 0.3 is 11.9 Å². The van der Waals surface area contributed by atoms with E-state index in [-0.39, 0.29) is 29.8 Å². The Bertz CT molecular complexity index is 863. The summed E-state index contributed by atoms with van der Waals surface area (Å²) in [6.07, 6.45) is 42.4. The zero-order valence-electron chi connectivity index (χ0n) is 37.9. The number of nitrogens with zero attached hydrogens (tertiary/aromatic N) is 1. The summed E-state index contributed by atoms with van der Waals surface area (Å²) in [5.41, 5.74) is 0. The van der Waals surface area contributed by atoms with Crippen molar-refractivity contribution in [1.29, 1.82) is 0 Å². The number of allylic oxidation sites excluding steroid dienone is 1. The normalized spacial score (nSPS) is 15.5. The molecule has 0 radical (unpaired) electrons. The molecule has 0 saturated carbocycles. The number of rotatable bonds is 41. The number of hydrogen-bond acceptors (Lipinski definition) is 6. The molecule has 0 saturated heterocycles. The Labute approximate surface area is 348 Å². The number of aliphatic hydroxyl groups excluding tert-OH is 1. The van der Waals surface area contributed by atoms with E-state index in [1.165, 1.54) is 103 Å². The summed E-state index contributed by atoms with van der Waals surface area (Å²) in [5.74, 6) is 0.810. The molecule has 0 bridgehead atoms. The van der Waals surface area contributed by atoms with Gasteiger partial charge in [-0.25, -0.2) is 0 Å². The topological polar surface area (TPSA) is 76.1 Å². The second-order valence-electron chi connectivity index (χ2n) is 17.5. The monoisotopic (exact) mass is 790 g/mol. The maximum atomic E-state index is 13.0. The average Bonchev–Trinajstić information content (AvgIpc) is 3.20. The van der Waals surface area contributed by atoms with Crippen LogP contribution in [-0.2, 0) is 19.1 Å². The lowest BCUT2D eigenvalue weighted by molar-refractivity contribution is -0.150. The molecule has 0 aliphatic heterocycles. The van der Waals surface area contributed by atoms with Gasteiger partial charge in [-0.1, -0.05) is 182 Å². The van der Waals surface area contributed by atoms with Crippen molar-refractivity contribution in [1.82, 2.24) is 4.90 Å². The van der Waals surface area contributed by atoms with E-state index in [2.05, 4.69) is 32.6 Å². The molecule has 56 heavy (non-hydrogen) atoms. The largest absolute Gasteiger partial charge is 0.511 e. The molecular formula is C50H95NO5. The van der Waals surface area contributed by atoms with Crippen LogP contribution in [0.15, 0.2) is 11.8 Å². The first-order valence-corrected chi connectivity index (χ1v) is 24.9. The fourth-order valence-electron chi connectivity index (χ4n) is 8.50. The third-order valence-electron chi connectivity index (χ3n) is 12.3. The summed E-state index contributed by atoms with van der Waals surface area (Å²) in [6.45, 7) is 12.1. The maximum absolute atomic E-state index is 13.0. The standard InChI is InChI=1S/C50H95NO5/c1-5-9-13-17-19-27-37-45(35-25-15-11-7-3)49(53)55-43-33-23-21-31-41-51(47-39-29-30-40-48(47)52)42-32-22-24-34-44-56-50(54)46(36-26-16-12-8-4)38-28-20-18-14-10-6-2/h40,45-47,52H,5-39,41-44H2,1-4H3. The maximum Gasteiger partial charge on any atom is 0.308 e. The number of carbonyl (C=O) groups is 2. The van der Waals surface area contributed by atoms with E-state index in [0.717, 1.165) is 135 Å². The molecule has 3 unspecified atom stereocenters. The van der Waals surface area contributed by atoms with E-state index in [0.29, 0.717) is 19.0 Å². The predicted octanol–water partition coefficient (Wildman–Crippen LogP) is 15.2. The van der Waals surface area contributed by atoms with Crippen LogP contribution in [0.3, 0.4) is 0 Å². The van der Waals surface area contributed by atoms with Crippen LogP contribution in [0.2, 0.25) is 0 Å². The second-order valence-corrected chi connectivity index (χ2v) is 17.5. The van der Waals surface area contributed by atoms with Crippen molar-refractivity contribution >= 4 is 11.9 Å². The van der Waals surface area contributed by atoms with Crippen LogP contribution in [0.1, 0.15) is 252 Å². The van der Waals surface area contributed by atoms with Crippen LogP contribution in [0.4, 0.5) is 0 Å². The summed E-state index contributed by atoms with van der Waals surface area (Å²) in [7, 11) is 0. The van der Waals surface area contributed by atoms with Crippen LogP contribution in [0.25, 0.3) is 0 Å². The number of esters is 2. The van der Waals surface area contributed by atoms with E-state index in [4.69, 9.17) is 9.47 Å². The van der Waals surface area contributed by atoms with Crippen LogP contribution < -0.4 is 0 Å². The minimum Gasteiger partial charge on any atom is -0.511 e. The van der Waals surface area contributed by atoms with Gasteiger partial charge in [0.15, 0.2) is 0 Å². The molecule has 6 nitrogen and oxygen atoms in total. The average molecular weight is 790 g/mol. The third kappa shape index (κ3) is 28.8. The van der Waals surface area contributed by atoms with Crippen molar-refractivity contribution in [2.75, 3.05) is 26.3 Å². The van der Waals surface area contributed by atoms with Crippen molar-refractivity contribution in [3.8, 4) is 0 Å². The molecule has 1 aliphatic rings. The number of hydrogen-bond donors (Lipinski definition) is 1. The Balaban J connectivity index is 2.40. The van der Waals surface area contributed by atoms with Gasteiger partial charge in [-0.05, 0) is 89.8 Å². The van der Waals surface area contributed by atoms with Crippen LogP contribution >= 0.6 is 0 Å². The van der Waals surface area contributed by atoms with E-state index in [1.807, 2.05) is 6.08 Å². The number of aliphatic hydroxyl groups is 1. The first kappa shape index (κ1) is 52.5. The minimum atomic E-state index is 0.0458. The van der Waals surface area contributed by atoms with Crippen molar-refractivity contribution < 1.29 is 24.2 Å². The van der Waals surface area contributed by atoms with Crippen LogP contribution in [0.5, 0.6) is 0 Å². The predicted molar refractivity (Wildman–Crippen MR) is 239 cm³/mol. The molecule has 1 aliphatic carbocycles. The van der Waals surface area contributed by atoms with Crippen molar-refractivity contribution in [2.45, 2.75) is 258 Å². The third-order valence-corrected chi connectivity index (χ3v) is 12.3. The van der Waals surface area contributed by atoms with Crippen molar-refractivity contribution in [2.24, 2.45) is 11.8 Å². The highest BCUT2D eigenvalue weighted by Gasteiger charge is 2.24. The Morgan fingerprint density at radius 2 is 0.875 bits per heavy atom. The molecule has 0 aromatic heterocycles. The quantitative estimate of drug-likeness (QED) is 0.0491. The zero-order chi connectivity index (χ0) is 40.7. The van der Waals surface area contributed by atoms with Gasteiger partial charge in [0.05, 0.1) is 31.1 Å². The molecule has 0 heterocycles. The fourth-order valence-corrected chi connectivity index (χ4v) is 8.50. The SMILES string of the molecule is CCCCCCCCC(CCCCCC)C(=O)OCCCCCCN(CCCCCCOC(=O)C(CCCCCC)CCCCCCCC)C1CCCC=C1O. The summed E-state index contributed by atoms with van der Waals surface area (Å²) in [6, 6.07) is 0.146. The Morgan fingerprint density at radius 1 is 0.536 bits per heavy atom. The molecular weight excluding hydrogens is 695 g/mol. The van der Waals surface area contributed by atoms with E-state index >= 15 is 0 Å².